The Morgan fingerprint density at radius 1 is 1.32 bits per heavy atom. The maximum absolute atomic E-state index is 12.0. The quantitative estimate of drug-likeness (QED) is 0.490. The van der Waals surface area contributed by atoms with Gasteiger partial charge in [0, 0.05) is 17.2 Å². The van der Waals surface area contributed by atoms with Crippen LogP contribution in [0.4, 0.5) is 0 Å². The van der Waals surface area contributed by atoms with Gasteiger partial charge in [0.2, 0.25) is 5.91 Å². The molecule has 1 saturated carbocycles. The molecule has 25 heavy (non-hydrogen) atoms. The van der Waals surface area contributed by atoms with E-state index < -0.39 is 5.60 Å². The molecule has 0 aliphatic heterocycles. The molecular formula is C22H25NO2. The van der Waals surface area contributed by atoms with Crippen LogP contribution < -0.4 is 5.32 Å². The lowest BCUT2D eigenvalue weighted by atomic mass is 9.93. The number of allylic oxidation sites excluding steroid dienone is 4. The molecule has 0 heterocycles. The van der Waals surface area contributed by atoms with Gasteiger partial charge in [-0.1, -0.05) is 60.9 Å². The number of rotatable bonds is 5. The highest BCUT2D eigenvalue weighted by Crippen LogP contribution is 2.19. The summed E-state index contributed by atoms with van der Waals surface area (Å²) in [5.41, 5.74) is 0.761. The fourth-order valence-electron chi connectivity index (χ4n) is 2.33. The van der Waals surface area contributed by atoms with Gasteiger partial charge in [-0.25, -0.2) is 0 Å². The van der Waals surface area contributed by atoms with Crippen molar-refractivity contribution in [1.29, 1.82) is 0 Å². The second-order valence-corrected chi connectivity index (χ2v) is 6.47. The van der Waals surface area contributed by atoms with Crippen molar-refractivity contribution in [2.24, 2.45) is 0 Å². The molecule has 1 aromatic carbocycles. The lowest BCUT2D eigenvalue weighted by Gasteiger charge is -2.26. The lowest BCUT2D eigenvalue weighted by Crippen LogP contribution is -2.39. The minimum Gasteiger partial charge on any atom is -0.374 e. The van der Waals surface area contributed by atoms with Crippen molar-refractivity contribution in [3.05, 3.63) is 71.8 Å². The Kier molecular flexibility index (Phi) is 6.38. The summed E-state index contributed by atoms with van der Waals surface area (Å²) >= 11 is 0. The van der Waals surface area contributed by atoms with Crippen molar-refractivity contribution in [2.75, 3.05) is 0 Å². The van der Waals surface area contributed by atoms with Crippen LogP contribution in [-0.2, 0) is 10.4 Å². The summed E-state index contributed by atoms with van der Waals surface area (Å²) in [4.78, 5) is 12.0. The molecule has 1 aromatic rings. The van der Waals surface area contributed by atoms with Gasteiger partial charge in [-0.2, -0.15) is 0 Å². The van der Waals surface area contributed by atoms with E-state index in [1.165, 1.54) is 6.42 Å². The van der Waals surface area contributed by atoms with Crippen LogP contribution in [0.3, 0.4) is 0 Å². The van der Waals surface area contributed by atoms with E-state index in [1.54, 1.807) is 32.1 Å². The molecular weight excluding hydrogens is 310 g/mol. The van der Waals surface area contributed by atoms with Gasteiger partial charge >= 0.3 is 0 Å². The Morgan fingerprint density at radius 2 is 2.00 bits per heavy atom. The molecule has 130 valence electrons. The van der Waals surface area contributed by atoms with Crippen LogP contribution in [-0.4, -0.2) is 17.1 Å². The largest absolute Gasteiger partial charge is 0.374 e. The molecule has 1 amide bonds. The number of nitrogens with one attached hydrogen (secondary N) is 1. The number of hydrogen-bond acceptors (Lipinski definition) is 2. The highest BCUT2D eigenvalue weighted by molar-refractivity contribution is 5.93. The molecule has 0 spiro atoms. The molecule has 1 aliphatic carbocycles. The normalized spacial score (nSPS) is 17.6. The Morgan fingerprint density at radius 3 is 2.56 bits per heavy atom. The average Bonchev–Trinajstić information content (AvgIpc) is 2.58. The van der Waals surface area contributed by atoms with Gasteiger partial charge in [-0.05, 0) is 44.7 Å². The van der Waals surface area contributed by atoms with Gasteiger partial charge in [0.05, 0.1) is 0 Å². The fourth-order valence-corrected chi connectivity index (χ4v) is 2.33. The summed E-state index contributed by atoms with van der Waals surface area (Å²) in [6.45, 7) is 7.18. The van der Waals surface area contributed by atoms with Crippen LogP contribution in [0.15, 0.2) is 66.3 Å². The second-order valence-electron chi connectivity index (χ2n) is 6.47. The van der Waals surface area contributed by atoms with E-state index in [9.17, 15) is 9.90 Å². The molecule has 1 atom stereocenters. The molecule has 2 N–H and O–H groups in total. The molecule has 3 nitrogen and oxygen atoms in total. The SMILES string of the molecule is C=CC(C#CC(C)(O)c1ccccc1)=CC=C(C)C(=O)NC1CCC1. The van der Waals surface area contributed by atoms with Crippen LogP contribution in [0.25, 0.3) is 0 Å². The number of benzene rings is 1. The monoisotopic (exact) mass is 335 g/mol. The standard InChI is InChI=1S/C22H25NO2/c1-4-18(14-13-17(2)21(24)23-20-11-8-12-20)15-16-22(3,25)19-9-6-5-7-10-19/h4-7,9-10,13-14,20,25H,1,8,11-12H2,2-3H3,(H,23,24). The maximum Gasteiger partial charge on any atom is 0.247 e. The summed E-state index contributed by atoms with van der Waals surface area (Å²) < 4.78 is 0. The maximum atomic E-state index is 12.0. The van der Waals surface area contributed by atoms with Crippen LogP contribution in [0, 0.1) is 11.8 Å². The van der Waals surface area contributed by atoms with E-state index in [2.05, 4.69) is 23.7 Å². The smallest absolute Gasteiger partial charge is 0.247 e. The van der Waals surface area contributed by atoms with Gasteiger partial charge in [0.25, 0.3) is 0 Å². The predicted octanol–water partition coefficient (Wildman–Crippen LogP) is 3.62. The zero-order valence-electron chi connectivity index (χ0n) is 14.9. The molecule has 2 rings (SSSR count). The Bertz CT molecular complexity index is 741. The van der Waals surface area contributed by atoms with E-state index in [0.717, 1.165) is 18.4 Å². The third-order valence-electron chi connectivity index (χ3n) is 4.32. The highest BCUT2D eigenvalue weighted by atomic mass is 16.3. The third-order valence-corrected chi connectivity index (χ3v) is 4.32. The Balaban J connectivity index is 2.08. The van der Waals surface area contributed by atoms with Crippen molar-refractivity contribution in [2.45, 2.75) is 44.8 Å². The van der Waals surface area contributed by atoms with E-state index in [4.69, 9.17) is 0 Å². The van der Waals surface area contributed by atoms with Crippen molar-refractivity contribution in [3.63, 3.8) is 0 Å². The van der Waals surface area contributed by atoms with Gasteiger partial charge in [0.15, 0.2) is 0 Å². The second kappa shape index (κ2) is 8.50. The van der Waals surface area contributed by atoms with Crippen LogP contribution in [0.1, 0.15) is 38.7 Å². The van der Waals surface area contributed by atoms with E-state index >= 15 is 0 Å². The topological polar surface area (TPSA) is 49.3 Å². The molecule has 0 saturated heterocycles. The van der Waals surface area contributed by atoms with Crippen molar-refractivity contribution in [3.8, 4) is 11.8 Å². The van der Waals surface area contributed by atoms with Gasteiger partial charge in [0.1, 0.15) is 5.60 Å². The summed E-state index contributed by atoms with van der Waals surface area (Å²) in [5.74, 6) is 5.75. The average molecular weight is 335 g/mol. The summed E-state index contributed by atoms with van der Waals surface area (Å²) in [6.07, 6.45) is 8.40. The van der Waals surface area contributed by atoms with E-state index in [0.29, 0.717) is 17.2 Å². The molecule has 1 aliphatic rings. The first-order valence-electron chi connectivity index (χ1n) is 8.55. The zero-order chi connectivity index (χ0) is 18.3. The fraction of sp³-hybridized carbons (Fsp3) is 0.318. The molecule has 1 unspecified atom stereocenters. The lowest BCUT2D eigenvalue weighted by molar-refractivity contribution is -0.118. The van der Waals surface area contributed by atoms with Crippen molar-refractivity contribution in [1.82, 2.24) is 5.32 Å². The van der Waals surface area contributed by atoms with Gasteiger partial charge in [-0.15, -0.1) is 0 Å². The third kappa shape index (κ3) is 5.48. The predicted molar refractivity (Wildman–Crippen MR) is 102 cm³/mol. The highest BCUT2D eigenvalue weighted by Gasteiger charge is 2.20. The molecule has 0 aromatic heterocycles. The number of carbonyl (C=O) groups is 1. The first-order chi connectivity index (χ1) is 11.9. The molecule has 1 fully saturated rings. The number of aliphatic hydroxyl groups is 1. The Hall–Kier alpha value is -2.57. The summed E-state index contributed by atoms with van der Waals surface area (Å²) in [7, 11) is 0. The first kappa shape index (κ1) is 18.8. The summed E-state index contributed by atoms with van der Waals surface area (Å²) in [5, 5.41) is 13.5. The molecule has 3 heteroatoms. The van der Waals surface area contributed by atoms with Crippen molar-refractivity contribution < 1.29 is 9.90 Å². The number of amides is 1. The van der Waals surface area contributed by atoms with Gasteiger partial charge in [-0.3, -0.25) is 4.79 Å². The summed E-state index contributed by atoms with van der Waals surface area (Å²) in [6, 6.07) is 9.61. The minimum atomic E-state index is -1.25. The van der Waals surface area contributed by atoms with Crippen LogP contribution in [0.2, 0.25) is 0 Å². The van der Waals surface area contributed by atoms with Gasteiger partial charge < -0.3 is 10.4 Å². The minimum absolute atomic E-state index is 0.0476. The van der Waals surface area contributed by atoms with E-state index in [-0.39, 0.29) is 5.91 Å². The molecule has 0 bridgehead atoms. The Labute approximate surface area is 150 Å². The van der Waals surface area contributed by atoms with Crippen LogP contribution in [0.5, 0.6) is 0 Å². The van der Waals surface area contributed by atoms with Crippen LogP contribution >= 0.6 is 0 Å². The first-order valence-corrected chi connectivity index (χ1v) is 8.55. The zero-order valence-corrected chi connectivity index (χ0v) is 14.9. The van der Waals surface area contributed by atoms with Crippen molar-refractivity contribution >= 4 is 5.91 Å². The van der Waals surface area contributed by atoms with E-state index in [1.807, 2.05) is 30.3 Å². The molecule has 0 radical (unpaired) electrons. The number of hydrogen-bond donors (Lipinski definition) is 2. The number of carbonyl (C=O) groups excluding carboxylic acids is 1.